The number of fused-ring (bicyclic) bond motifs is 1. The van der Waals surface area contributed by atoms with E-state index in [2.05, 4.69) is 9.98 Å². The quantitative estimate of drug-likeness (QED) is 0.425. The van der Waals surface area contributed by atoms with Crippen LogP contribution in [0.3, 0.4) is 0 Å². The zero-order valence-electron chi connectivity index (χ0n) is 13.4. The second kappa shape index (κ2) is 6.83. The Morgan fingerprint density at radius 3 is 2.69 bits per heavy atom. The zero-order chi connectivity index (χ0) is 18.1. The molecule has 1 N–H and O–H groups in total. The lowest BCUT2D eigenvalue weighted by Crippen LogP contribution is -1.83. The molecule has 0 bridgehead atoms. The molecular weight excluding hydrogens is 371 g/mol. The lowest BCUT2D eigenvalue weighted by molar-refractivity contribution is 0.474. The third-order valence-corrected chi connectivity index (χ3v) is 4.38. The molecule has 0 amide bonds. The van der Waals surface area contributed by atoms with E-state index in [-0.39, 0.29) is 5.75 Å². The SMILES string of the molecule is Oc1ccc(Cl)cc1C=Nc1ccc(Cl)c(-c2nc3ccccc3o2)c1. The minimum absolute atomic E-state index is 0.103. The van der Waals surface area contributed by atoms with Crippen molar-refractivity contribution in [3.05, 3.63) is 76.3 Å². The topological polar surface area (TPSA) is 58.6 Å². The number of phenolic OH excluding ortho intramolecular Hbond substituents is 1. The third-order valence-electron chi connectivity index (χ3n) is 3.82. The van der Waals surface area contributed by atoms with Crippen molar-refractivity contribution < 1.29 is 9.52 Å². The van der Waals surface area contributed by atoms with Gasteiger partial charge in [-0.15, -0.1) is 0 Å². The molecule has 0 saturated carbocycles. The average Bonchev–Trinajstić information content (AvgIpc) is 3.07. The van der Waals surface area contributed by atoms with E-state index in [1.165, 1.54) is 6.07 Å². The minimum Gasteiger partial charge on any atom is -0.507 e. The maximum Gasteiger partial charge on any atom is 0.228 e. The maximum atomic E-state index is 9.87. The summed E-state index contributed by atoms with van der Waals surface area (Å²) in [6.07, 6.45) is 1.54. The fourth-order valence-electron chi connectivity index (χ4n) is 2.52. The lowest BCUT2D eigenvalue weighted by atomic mass is 10.2. The average molecular weight is 383 g/mol. The van der Waals surface area contributed by atoms with Gasteiger partial charge < -0.3 is 9.52 Å². The van der Waals surface area contributed by atoms with Gasteiger partial charge in [-0.05, 0) is 48.5 Å². The first kappa shape index (κ1) is 16.6. The van der Waals surface area contributed by atoms with Crippen LogP contribution in [-0.4, -0.2) is 16.3 Å². The molecule has 0 unspecified atom stereocenters. The van der Waals surface area contributed by atoms with E-state index in [0.29, 0.717) is 38.3 Å². The van der Waals surface area contributed by atoms with Crippen LogP contribution in [0, 0.1) is 0 Å². The molecule has 0 atom stereocenters. The molecule has 4 nitrogen and oxygen atoms in total. The van der Waals surface area contributed by atoms with Gasteiger partial charge in [0.2, 0.25) is 5.89 Å². The molecule has 6 heteroatoms. The Bertz CT molecular complexity index is 1100. The van der Waals surface area contributed by atoms with Gasteiger partial charge in [0.15, 0.2) is 5.58 Å². The second-order valence-electron chi connectivity index (χ2n) is 5.61. The van der Waals surface area contributed by atoms with Crippen LogP contribution in [-0.2, 0) is 0 Å². The summed E-state index contributed by atoms with van der Waals surface area (Å²) in [4.78, 5) is 8.86. The molecule has 0 aliphatic rings. The van der Waals surface area contributed by atoms with Crippen molar-refractivity contribution in [1.29, 1.82) is 0 Å². The van der Waals surface area contributed by atoms with Crippen molar-refractivity contribution in [2.75, 3.05) is 0 Å². The van der Waals surface area contributed by atoms with Crippen molar-refractivity contribution >= 4 is 46.2 Å². The summed E-state index contributed by atoms with van der Waals surface area (Å²) >= 11 is 12.3. The first-order chi connectivity index (χ1) is 12.6. The van der Waals surface area contributed by atoms with Gasteiger partial charge in [0.25, 0.3) is 0 Å². The summed E-state index contributed by atoms with van der Waals surface area (Å²) in [6, 6.07) is 17.6. The van der Waals surface area contributed by atoms with Crippen molar-refractivity contribution in [2.24, 2.45) is 4.99 Å². The summed E-state index contributed by atoms with van der Waals surface area (Å²) in [5.74, 6) is 0.533. The van der Waals surface area contributed by atoms with Gasteiger partial charge in [-0.25, -0.2) is 4.98 Å². The number of hydrogen-bond donors (Lipinski definition) is 1. The van der Waals surface area contributed by atoms with E-state index in [9.17, 15) is 5.11 Å². The van der Waals surface area contributed by atoms with Crippen molar-refractivity contribution in [3.63, 3.8) is 0 Å². The highest BCUT2D eigenvalue weighted by molar-refractivity contribution is 6.33. The Labute approximate surface area is 159 Å². The lowest BCUT2D eigenvalue weighted by Gasteiger charge is -2.02. The molecule has 0 fully saturated rings. The first-order valence-electron chi connectivity index (χ1n) is 7.78. The highest BCUT2D eigenvalue weighted by atomic mass is 35.5. The number of aromatic nitrogens is 1. The number of phenols is 1. The van der Waals surface area contributed by atoms with Crippen LogP contribution in [0.1, 0.15) is 5.56 Å². The normalized spacial score (nSPS) is 11.5. The molecule has 3 aromatic carbocycles. The first-order valence-corrected chi connectivity index (χ1v) is 8.54. The predicted octanol–water partition coefficient (Wildman–Crippen LogP) is 6.26. The Morgan fingerprint density at radius 2 is 1.85 bits per heavy atom. The molecule has 0 radical (unpaired) electrons. The number of halogens is 2. The molecular formula is C20H12Cl2N2O2. The molecule has 128 valence electrons. The Balaban J connectivity index is 1.72. The highest BCUT2D eigenvalue weighted by Gasteiger charge is 2.12. The number of aromatic hydroxyl groups is 1. The Hall–Kier alpha value is -2.82. The Kier molecular flexibility index (Phi) is 4.37. The second-order valence-corrected chi connectivity index (χ2v) is 6.46. The van der Waals surface area contributed by atoms with Crippen LogP contribution in [0.2, 0.25) is 10.0 Å². The minimum atomic E-state index is 0.103. The fraction of sp³-hybridized carbons (Fsp3) is 0. The maximum absolute atomic E-state index is 9.87. The Morgan fingerprint density at radius 1 is 1.00 bits per heavy atom. The van der Waals surface area contributed by atoms with E-state index in [1.54, 1.807) is 36.5 Å². The molecule has 1 heterocycles. The van der Waals surface area contributed by atoms with Gasteiger partial charge in [0.1, 0.15) is 11.3 Å². The van der Waals surface area contributed by atoms with Crippen LogP contribution >= 0.6 is 23.2 Å². The molecule has 0 aliphatic carbocycles. The number of hydrogen-bond acceptors (Lipinski definition) is 4. The van der Waals surface area contributed by atoms with Gasteiger partial charge >= 0.3 is 0 Å². The molecule has 4 aromatic rings. The number of aliphatic imine (C=N–C) groups is 1. The zero-order valence-corrected chi connectivity index (χ0v) is 14.9. The summed E-state index contributed by atoms with van der Waals surface area (Å²) in [5.41, 5.74) is 3.27. The van der Waals surface area contributed by atoms with Crippen LogP contribution < -0.4 is 0 Å². The predicted molar refractivity (Wildman–Crippen MR) is 105 cm³/mol. The van der Waals surface area contributed by atoms with Crippen LogP contribution in [0.5, 0.6) is 5.75 Å². The van der Waals surface area contributed by atoms with Crippen molar-refractivity contribution in [1.82, 2.24) is 4.98 Å². The fourth-order valence-corrected chi connectivity index (χ4v) is 2.90. The van der Waals surface area contributed by atoms with E-state index in [1.807, 2.05) is 24.3 Å². The standard InChI is InChI=1S/C20H12Cl2N2O2/c21-13-5-8-18(25)12(9-13)11-23-14-6-7-16(22)15(10-14)20-24-17-3-1-2-4-19(17)26-20/h1-11,25H. The van der Waals surface area contributed by atoms with Gasteiger partial charge in [0.05, 0.1) is 16.3 Å². The summed E-state index contributed by atoms with van der Waals surface area (Å²) < 4.78 is 5.78. The molecule has 0 aliphatic heterocycles. The van der Waals surface area contributed by atoms with Gasteiger partial charge in [-0.3, -0.25) is 4.99 Å². The monoisotopic (exact) mass is 382 g/mol. The van der Waals surface area contributed by atoms with Crippen LogP contribution in [0.15, 0.2) is 70.1 Å². The number of nitrogens with zero attached hydrogens (tertiary/aromatic N) is 2. The summed E-state index contributed by atoms with van der Waals surface area (Å²) in [5, 5.41) is 10.9. The van der Waals surface area contributed by atoms with Gasteiger partial charge in [-0.1, -0.05) is 35.3 Å². The van der Waals surface area contributed by atoms with Crippen LogP contribution in [0.4, 0.5) is 5.69 Å². The van der Waals surface area contributed by atoms with Crippen molar-refractivity contribution in [3.8, 4) is 17.2 Å². The van der Waals surface area contributed by atoms with E-state index in [4.69, 9.17) is 27.6 Å². The van der Waals surface area contributed by atoms with E-state index >= 15 is 0 Å². The number of oxazole rings is 1. The smallest absolute Gasteiger partial charge is 0.228 e. The summed E-state index contributed by atoms with van der Waals surface area (Å²) in [7, 11) is 0. The molecule has 1 aromatic heterocycles. The third kappa shape index (κ3) is 3.29. The number of benzene rings is 3. The summed E-state index contributed by atoms with van der Waals surface area (Å²) in [6.45, 7) is 0. The molecule has 0 spiro atoms. The largest absolute Gasteiger partial charge is 0.507 e. The van der Waals surface area contributed by atoms with E-state index in [0.717, 1.165) is 5.52 Å². The van der Waals surface area contributed by atoms with Crippen LogP contribution in [0.25, 0.3) is 22.6 Å². The number of para-hydroxylation sites is 2. The number of rotatable bonds is 3. The van der Waals surface area contributed by atoms with E-state index < -0.39 is 0 Å². The molecule has 4 rings (SSSR count). The van der Waals surface area contributed by atoms with Gasteiger partial charge in [0, 0.05) is 16.8 Å². The van der Waals surface area contributed by atoms with Crippen molar-refractivity contribution in [2.45, 2.75) is 0 Å². The highest BCUT2D eigenvalue weighted by Crippen LogP contribution is 2.33. The molecule has 0 saturated heterocycles. The van der Waals surface area contributed by atoms with Gasteiger partial charge in [-0.2, -0.15) is 0 Å². The molecule has 26 heavy (non-hydrogen) atoms.